The molecule has 0 bridgehead atoms. The van der Waals surface area contributed by atoms with Crippen molar-refractivity contribution in [1.29, 1.82) is 0 Å². The molecule has 1 heterocycles. The van der Waals surface area contributed by atoms with Crippen LogP contribution < -0.4 is 5.32 Å². The lowest BCUT2D eigenvalue weighted by Crippen LogP contribution is -2.06. The minimum absolute atomic E-state index is 0.607. The molecule has 14 heavy (non-hydrogen) atoms. The Balaban J connectivity index is 2.46. The highest BCUT2D eigenvalue weighted by Crippen LogP contribution is 2.02. The molecule has 0 unspecified atom stereocenters. The van der Waals surface area contributed by atoms with Gasteiger partial charge in [0.1, 0.15) is 16.3 Å². The summed E-state index contributed by atoms with van der Waals surface area (Å²) in [6.45, 7) is 3.51. The molecule has 0 aliphatic heterocycles. The molecule has 1 rings (SSSR count). The van der Waals surface area contributed by atoms with E-state index in [4.69, 9.17) is 17.0 Å². The minimum atomic E-state index is 0.607. The van der Waals surface area contributed by atoms with E-state index < -0.39 is 0 Å². The zero-order chi connectivity index (χ0) is 10.4. The predicted molar refractivity (Wildman–Crippen MR) is 59.1 cm³/mol. The molecule has 2 N–H and O–H groups in total. The van der Waals surface area contributed by atoms with Crippen molar-refractivity contribution in [3.63, 3.8) is 0 Å². The van der Waals surface area contributed by atoms with E-state index in [1.165, 1.54) is 0 Å². The maximum atomic E-state index is 4.99. The first-order valence-corrected chi connectivity index (χ1v) is 4.94. The smallest absolute Gasteiger partial charge is 0.131 e. The largest absolute Gasteiger partial charge is 0.385 e. The minimum Gasteiger partial charge on any atom is -0.385 e. The van der Waals surface area contributed by atoms with E-state index in [2.05, 4.69) is 15.3 Å². The second-order valence-electron chi connectivity index (χ2n) is 2.99. The Hall–Kier alpha value is -0.940. The number of nitrogens with one attached hydrogen (secondary N) is 2. The van der Waals surface area contributed by atoms with Crippen LogP contribution in [0.25, 0.3) is 0 Å². The molecule has 4 nitrogen and oxygen atoms in total. The van der Waals surface area contributed by atoms with Crippen molar-refractivity contribution < 1.29 is 4.74 Å². The molecule has 0 aromatic carbocycles. The Morgan fingerprint density at radius 1 is 1.64 bits per heavy atom. The van der Waals surface area contributed by atoms with Crippen LogP contribution in [-0.2, 0) is 4.74 Å². The summed E-state index contributed by atoms with van der Waals surface area (Å²) < 4.78 is 5.55. The van der Waals surface area contributed by atoms with Crippen LogP contribution in [0.4, 0.5) is 5.82 Å². The molecule has 0 spiro atoms. The normalized spacial score (nSPS) is 10.1. The molecular weight excluding hydrogens is 198 g/mol. The third kappa shape index (κ3) is 3.85. The van der Waals surface area contributed by atoms with Gasteiger partial charge in [-0.1, -0.05) is 12.2 Å². The molecule has 0 aliphatic carbocycles. The maximum absolute atomic E-state index is 4.99. The van der Waals surface area contributed by atoms with Crippen molar-refractivity contribution in [2.75, 3.05) is 25.6 Å². The van der Waals surface area contributed by atoms with Crippen LogP contribution in [0.5, 0.6) is 0 Å². The van der Waals surface area contributed by atoms with E-state index in [1.54, 1.807) is 7.11 Å². The number of aromatic amines is 1. The Bertz CT molecular complexity index is 337. The van der Waals surface area contributed by atoms with Crippen molar-refractivity contribution in [1.82, 2.24) is 9.97 Å². The summed E-state index contributed by atoms with van der Waals surface area (Å²) in [5.41, 5.74) is 0. The molecule has 0 amide bonds. The predicted octanol–water partition coefficient (Wildman–Crippen LogP) is 1.90. The van der Waals surface area contributed by atoms with Crippen molar-refractivity contribution in [2.24, 2.45) is 0 Å². The van der Waals surface area contributed by atoms with Crippen LogP contribution >= 0.6 is 12.2 Å². The number of nitrogens with zero attached hydrogens (tertiary/aromatic N) is 1. The fourth-order valence-electron chi connectivity index (χ4n) is 1.11. The number of hydrogen-bond donors (Lipinski definition) is 2. The average molecular weight is 213 g/mol. The van der Waals surface area contributed by atoms with E-state index in [1.807, 2.05) is 13.0 Å². The number of anilines is 1. The SMILES string of the molecule is COCCCNc1cc(=S)nc(C)[nH]1. The summed E-state index contributed by atoms with van der Waals surface area (Å²) in [6, 6.07) is 1.81. The zero-order valence-corrected chi connectivity index (χ0v) is 9.28. The van der Waals surface area contributed by atoms with Gasteiger partial charge in [0.2, 0.25) is 0 Å². The average Bonchev–Trinajstić information content (AvgIpc) is 2.11. The maximum Gasteiger partial charge on any atom is 0.131 e. The summed E-state index contributed by atoms with van der Waals surface area (Å²) >= 11 is 4.99. The van der Waals surface area contributed by atoms with Gasteiger partial charge in [0.25, 0.3) is 0 Å². The molecular formula is C9H15N3OS. The van der Waals surface area contributed by atoms with Gasteiger partial charge in [0, 0.05) is 26.3 Å². The molecule has 0 saturated carbocycles. The summed E-state index contributed by atoms with van der Waals surface area (Å²) in [4.78, 5) is 7.17. The van der Waals surface area contributed by atoms with Gasteiger partial charge in [-0.05, 0) is 13.3 Å². The molecule has 0 atom stereocenters. The quantitative estimate of drug-likeness (QED) is 0.579. The molecule has 5 heteroatoms. The second-order valence-corrected chi connectivity index (χ2v) is 3.41. The lowest BCUT2D eigenvalue weighted by atomic mass is 10.4. The highest BCUT2D eigenvalue weighted by atomic mass is 32.1. The molecule has 78 valence electrons. The number of rotatable bonds is 5. The summed E-state index contributed by atoms with van der Waals surface area (Å²) in [5, 5.41) is 3.22. The summed E-state index contributed by atoms with van der Waals surface area (Å²) in [5.74, 6) is 1.74. The standard InChI is InChI=1S/C9H15N3OS/c1-7-11-8(6-9(14)12-7)10-4-3-5-13-2/h6H,3-5H2,1-2H3,(H2,10,11,12,14). The highest BCUT2D eigenvalue weighted by molar-refractivity contribution is 7.71. The van der Waals surface area contributed by atoms with E-state index in [-0.39, 0.29) is 0 Å². The van der Waals surface area contributed by atoms with Crippen LogP contribution in [0.3, 0.4) is 0 Å². The zero-order valence-electron chi connectivity index (χ0n) is 8.46. The van der Waals surface area contributed by atoms with Crippen LogP contribution in [0, 0.1) is 11.6 Å². The third-order valence-electron chi connectivity index (χ3n) is 1.70. The topological polar surface area (TPSA) is 49.9 Å². The number of hydrogen-bond acceptors (Lipinski definition) is 4. The lowest BCUT2D eigenvalue weighted by Gasteiger charge is -2.06. The van der Waals surface area contributed by atoms with E-state index in [0.717, 1.165) is 31.2 Å². The highest BCUT2D eigenvalue weighted by Gasteiger charge is 1.93. The lowest BCUT2D eigenvalue weighted by molar-refractivity contribution is 0.198. The van der Waals surface area contributed by atoms with Crippen LogP contribution in [0.2, 0.25) is 0 Å². The first kappa shape index (κ1) is 11.1. The van der Waals surface area contributed by atoms with E-state index in [0.29, 0.717) is 4.64 Å². The summed E-state index contributed by atoms with van der Waals surface area (Å²) in [7, 11) is 1.70. The fraction of sp³-hybridized carbons (Fsp3) is 0.556. The van der Waals surface area contributed by atoms with Gasteiger partial charge in [-0.2, -0.15) is 0 Å². The van der Waals surface area contributed by atoms with Crippen molar-refractivity contribution >= 4 is 18.0 Å². The van der Waals surface area contributed by atoms with Crippen LogP contribution in [0.15, 0.2) is 6.07 Å². The van der Waals surface area contributed by atoms with Crippen molar-refractivity contribution in [3.8, 4) is 0 Å². The van der Waals surface area contributed by atoms with Gasteiger partial charge in [-0.15, -0.1) is 0 Å². The second kappa shape index (κ2) is 5.72. The van der Waals surface area contributed by atoms with Crippen LogP contribution in [-0.4, -0.2) is 30.2 Å². The molecule has 1 aromatic heterocycles. The van der Waals surface area contributed by atoms with Gasteiger partial charge in [-0.3, -0.25) is 0 Å². The molecule has 0 radical (unpaired) electrons. The van der Waals surface area contributed by atoms with Crippen LogP contribution in [0.1, 0.15) is 12.2 Å². The van der Waals surface area contributed by atoms with E-state index >= 15 is 0 Å². The number of H-pyrrole nitrogens is 1. The number of aryl methyl sites for hydroxylation is 1. The number of methoxy groups -OCH3 is 1. The Morgan fingerprint density at radius 3 is 3.07 bits per heavy atom. The first-order chi connectivity index (χ1) is 6.72. The van der Waals surface area contributed by atoms with Gasteiger partial charge in [-0.25, -0.2) is 4.98 Å². The van der Waals surface area contributed by atoms with E-state index in [9.17, 15) is 0 Å². The Kier molecular flexibility index (Phi) is 4.55. The van der Waals surface area contributed by atoms with Gasteiger partial charge in [0.05, 0.1) is 0 Å². The molecule has 0 fully saturated rings. The third-order valence-corrected chi connectivity index (χ3v) is 1.91. The van der Waals surface area contributed by atoms with Gasteiger partial charge < -0.3 is 15.0 Å². The van der Waals surface area contributed by atoms with Crippen molar-refractivity contribution in [2.45, 2.75) is 13.3 Å². The number of ether oxygens (including phenoxy) is 1. The Labute approximate surface area is 88.7 Å². The van der Waals surface area contributed by atoms with Crippen molar-refractivity contribution in [3.05, 3.63) is 16.5 Å². The monoisotopic (exact) mass is 213 g/mol. The molecule has 0 aliphatic rings. The molecule has 0 saturated heterocycles. The summed E-state index contributed by atoms with van der Waals surface area (Å²) in [6.07, 6.45) is 0.971. The number of aromatic nitrogens is 2. The fourth-order valence-corrected chi connectivity index (χ4v) is 1.37. The van der Waals surface area contributed by atoms with Gasteiger partial charge >= 0.3 is 0 Å². The van der Waals surface area contributed by atoms with Gasteiger partial charge in [0.15, 0.2) is 0 Å². The molecule has 1 aromatic rings. The first-order valence-electron chi connectivity index (χ1n) is 4.53. The Morgan fingerprint density at radius 2 is 2.43 bits per heavy atom.